The van der Waals surface area contributed by atoms with Gasteiger partial charge in [0, 0.05) is 70.8 Å². The monoisotopic (exact) mass is 543 g/mol. The third-order valence-corrected chi connectivity index (χ3v) is 5.45. The molecule has 0 amide bonds. The first kappa shape index (κ1) is 24.6. The fourth-order valence-corrected chi connectivity index (χ4v) is 3.67. The third kappa shape index (κ3) is 7.24. The number of benzene rings is 1. The predicted molar refractivity (Wildman–Crippen MR) is 135 cm³/mol. The average Bonchev–Trinajstić information content (AvgIpc) is 2.76. The molecular formula is C21H31ClIN7. The van der Waals surface area contributed by atoms with E-state index in [1.807, 2.05) is 44.4 Å². The maximum atomic E-state index is 6.27. The fourth-order valence-electron chi connectivity index (χ4n) is 3.47. The lowest BCUT2D eigenvalue weighted by molar-refractivity contribution is 0.254. The molecule has 0 spiro atoms. The van der Waals surface area contributed by atoms with Gasteiger partial charge in [0.2, 0.25) is 5.95 Å². The normalized spacial score (nSPS) is 14.9. The summed E-state index contributed by atoms with van der Waals surface area (Å²) in [6.07, 6.45) is 4.67. The predicted octanol–water partition coefficient (Wildman–Crippen LogP) is 2.97. The lowest BCUT2D eigenvalue weighted by Crippen LogP contribution is -2.47. The zero-order valence-corrected chi connectivity index (χ0v) is 20.8. The molecule has 1 aromatic carbocycles. The summed E-state index contributed by atoms with van der Waals surface area (Å²) in [6, 6.07) is 9.78. The number of rotatable bonds is 7. The zero-order chi connectivity index (χ0) is 20.5. The number of nitrogens with one attached hydrogen (secondary N) is 1. The van der Waals surface area contributed by atoms with Gasteiger partial charge in [0.05, 0.1) is 0 Å². The molecule has 7 nitrogen and oxygen atoms in total. The van der Waals surface area contributed by atoms with Crippen molar-refractivity contribution in [3.05, 3.63) is 53.3 Å². The van der Waals surface area contributed by atoms with Crippen LogP contribution in [0, 0.1) is 0 Å². The van der Waals surface area contributed by atoms with Gasteiger partial charge in [-0.3, -0.25) is 9.89 Å². The van der Waals surface area contributed by atoms with Crippen molar-refractivity contribution in [2.75, 3.05) is 58.3 Å². The maximum absolute atomic E-state index is 6.27. The molecule has 1 aliphatic heterocycles. The summed E-state index contributed by atoms with van der Waals surface area (Å²) in [7, 11) is 3.85. The topological polar surface area (TPSA) is 59.9 Å². The van der Waals surface area contributed by atoms with Gasteiger partial charge in [-0.15, -0.1) is 24.0 Å². The second-order valence-electron chi connectivity index (χ2n) is 7.15. The van der Waals surface area contributed by atoms with E-state index >= 15 is 0 Å². The van der Waals surface area contributed by atoms with E-state index in [1.165, 1.54) is 0 Å². The summed E-state index contributed by atoms with van der Waals surface area (Å²) >= 11 is 6.27. The van der Waals surface area contributed by atoms with Crippen LogP contribution in [0.1, 0.15) is 12.0 Å². The number of aliphatic imine (C=N–C) groups is 1. The molecular weight excluding hydrogens is 513 g/mol. The Morgan fingerprint density at radius 2 is 1.83 bits per heavy atom. The molecule has 1 fully saturated rings. The molecule has 164 valence electrons. The number of anilines is 1. The van der Waals surface area contributed by atoms with E-state index in [4.69, 9.17) is 11.6 Å². The van der Waals surface area contributed by atoms with Crippen LogP contribution >= 0.6 is 35.6 Å². The van der Waals surface area contributed by atoms with Crippen LogP contribution < -0.4 is 10.2 Å². The van der Waals surface area contributed by atoms with Gasteiger partial charge in [0.1, 0.15) is 0 Å². The molecule has 2 heterocycles. The van der Waals surface area contributed by atoms with Crippen molar-refractivity contribution in [1.82, 2.24) is 25.1 Å². The highest BCUT2D eigenvalue weighted by molar-refractivity contribution is 14.0. The van der Waals surface area contributed by atoms with Gasteiger partial charge in [-0.1, -0.05) is 29.8 Å². The molecule has 0 unspecified atom stereocenters. The van der Waals surface area contributed by atoms with Crippen molar-refractivity contribution in [3.8, 4) is 0 Å². The van der Waals surface area contributed by atoms with Gasteiger partial charge >= 0.3 is 0 Å². The molecule has 0 radical (unpaired) electrons. The molecule has 2 aromatic rings. The molecule has 3 rings (SSSR count). The number of aromatic nitrogens is 2. The Kier molecular flexibility index (Phi) is 10.6. The number of nitrogens with zero attached hydrogens (tertiary/aromatic N) is 6. The Labute approximate surface area is 201 Å². The SMILES string of the molecule is CN=C(NCCCN1CCN(c2ncccn2)CC1)N(C)Cc1ccccc1Cl.I. The molecule has 0 atom stereocenters. The maximum Gasteiger partial charge on any atom is 0.225 e. The minimum atomic E-state index is 0. The number of halogens is 2. The summed E-state index contributed by atoms with van der Waals surface area (Å²) in [5, 5.41) is 4.25. The zero-order valence-electron chi connectivity index (χ0n) is 17.7. The summed E-state index contributed by atoms with van der Waals surface area (Å²) in [6.45, 7) is 6.71. The van der Waals surface area contributed by atoms with E-state index in [9.17, 15) is 0 Å². The molecule has 1 saturated heterocycles. The first-order valence-electron chi connectivity index (χ1n) is 10.1. The largest absolute Gasteiger partial charge is 0.356 e. The molecule has 9 heteroatoms. The highest BCUT2D eigenvalue weighted by Gasteiger charge is 2.18. The summed E-state index contributed by atoms with van der Waals surface area (Å²) in [5.74, 6) is 1.72. The molecule has 0 saturated carbocycles. The lowest BCUT2D eigenvalue weighted by atomic mass is 10.2. The lowest BCUT2D eigenvalue weighted by Gasteiger charge is -2.34. The summed E-state index contributed by atoms with van der Waals surface area (Å²) < 4.78 is 0. The van der Waals surface area contributed by atoms with Crippen molar-refractivity contribution < 1.29 is 0 Å². The highest BCUT2D eigenvalue weighted by Crippen LogP contribution is 2.16. The Morgan fingerprint density at radius 1 is 1.13 bits per heavy atom. The van der Waals surface area contributed by atoms with Crippen molar-refractivity contribution in [3.63, 3.8) is 0 Å². The van der Waals surface area contributed by atoms with Crippen LogP contribution in [0.15, 0.2) is 47.7 Å². The fraction of sp³-hybridized carbons (Fsp3) is 0.476. The van der Waals surface area contributed by atoms with Crippen LogP contribution in [-0.2, 0) is 6.54 Å². The summed E-state index contributed by atoms with van der Waals surface area (Å²) in [4.78, 5) is 19.9. The number of piperazine rings is 1. The van der Waals surface area contributed by atoms with Crippen molar-refractivity contribution >= 4 is 47.5 Å². The quantitative estimate of drug-likeness (QED) is 0.251. The van der Waals surface area contributed by atoms with Crippen LogP contribution in [-0.4, -0.2) is 79.1 Å². The Bertz CT molecular complexity index is 782. The Morgan fingerprint density at radius 3 is 2.50 bits per heavy atom. The van der Waals surface area contributed by atoms with E-state index < -0.39 is 0 Å². The first-order valence-corrected chi connectivity index (χ1v) is 10.4. The minimum Gasteiger partial charge on any atom is -0.356 e. The second kappa shape index (κ2) is 12.9. The van der Waals surface area contributed by atoms with Crippen LogP contribution in [0.4, 0.5) is 5.95 Å². The van der Waals surface area contributed by atoms with E-state index in [2.05, 4.69) is 35.0 Å². The van der Waals surface area contributed by atoms with Gasteiger partial charge < -0.3 is 15.1 Å². The number of hydrogen-bond donors (Lipinski definition) is 1. The molecule has 30 heavy (non-hydrogen) atoms. The van der Waals surface area contributed by atoms with E-state index in [1.54, 1.807) is 12.4 Å². The number of guanidine groups is 1. The Hall–Kier alpha value is -1.65. The van der Waals surface area contributed by atoms with Gasteiger partial charge in [0.15, 0.2) is 5.96 Å². The minimum absolute atomic E-state index is 0. The van der Waals surface area contributed by atoms with Crippen molar-refractivity contribution in [1.29, 1.82) is 0 Å². The van der Waals surface area contributed by atoms with Crippen LogP contribution in [0.25, 0.3) is 0 Å². The van der Waals surface area contributed by atoms with Gasteiger partial charge in [-0.25, -0.2) is 9.97 Å². The number of hydrogen-bond acceptors (Lipinski definition) is 5. The first-order chi connectivity index (χ1) is 14.2. The Balaban J connectivity index is 0.00000320. The third-order valence-electron chi connectivity index (χ3n) is 5.08. The van der Waals surface area contributed by atoms with E-state index in [0.29, 0.717) is 0 Å². The standard InChI is InChI=1S/C21H30ClN7.HI/c1-23-20(27(2)17-18-7-3-4-8-19(18)22)24-11-6-12-28-13-15-29(16-14-28)21-25-9-5-10-26-21;/h3-5,7-10H,6,11-17H2,1-2H3,(H,23,24);1H. The highest BCUT2D eigenvalue weighted by atomic mass is 127. The summed E-state index contributed by atoms with van der Waals surface area (Å²) in [5.41, 5.74) is 1.10. The van der Waals surface area contributed by atoms with Gasteiger partial charge in [-0.2, -0.15) is 0 Å². The smallest absolute Gasteiger partial charge is 0.225 e. The van der Waals surface area contributed by atoms with Crippen LogP contribution in [0.2, 0.25) is 5.02 Å². The molecule has 0 bridgehead atoms. The second-order valence-corrected chi connectivity index (χ2v) is 7.56. The van der Waals surface area contributed by atoms with Crippen LogP contribution in [0.3, 0.4) is 0 Å². The average molecular weight is 544 g/mol. The van der Waals surface area contributed by atoms with E-state index in [0.717, 1.165) is 74.7 Å². The van der Waals surface area contributed by atoms with Crippen molar-refractivity contribution in [2.45, 2.75) is 13.0 Å². The molecule has 1 aromatic heterocycles. The van der Waals surface area contributed by atoms with E-state index in [-0.39, 0.29) is 24.0 Å². The van der Waals surface area contributed by atoms with Gasteiger partial charge in [-0.05, 0) is 30.7 Å². The molecule has 1 aliphatic rings. The van der Waals surface area contributed by atoms with Gasteiger partial charge in [0.25, 0.3) is 0 Å². The van der Waals surface area contributed by atoms with Crippen LogP contribution in [0.5, 0.6) is 0 Å². The molecule has 0 aliphatic carbocycles. The molecule has 1 N–H and O–H groups in total. The van der Waals surface area contributed by atoms with Crippen molar-refractivity contribution in [2.24, 2.45) is 4.99 Å².